The van der Waals surface area contributed by atoms with Crippen LogP contribution >= 0.6 is 0 Å². The van der Waals surface area contributed by atoms with Crippen LogP contribution in [0.4, 0.5) is 11.5 Å². The fourth-order valence-electron chi connectivity index (χ4n) is 2.62. The first kappa shape index (κ1) is 14.2. The van der Waals surface area contributed by atoms with Gasteiger partial charge < -0.3 is 15.4 Å². The molecule has 5 nitrogen and oxygen atoms in total. The molecule has 1 unspecified atom stereocenters. The third-order valence-corrected chi connectivity index (χ3v) is 3.72. The van der Waals surface area contributed by atoms with Gasteiger partial charge in [0.15, 0.2) is 5.82 Å². The van der Waals surface area contributed by atoms with Gasteiger partial charge in [0, 0.05) is 25.7 Å². The summed E-state index contributed by atoms with van der Waals surface area (Å²) in [5, 5.41) is 4.56. The highest BCUT2D eigenvalue weighted by molar-refractivity contribution is 5.66. The van der Waals surface area contributed by atoms with Gasteiger partial charge in [0.25, 0.3) is 0 Å². The van der Waals surface area contributed by atoms with E-state index in [0.717, 1.165) is 43.3 Å². The van der Waals surface area contributed by atoms with Gasteiger partial charge in [0.2, 0.25) is 0 Å². The van der Waals surface area contributed by atoms with E-state index in [1.54, 1.807) is 0 Å². The van der Waals surface area contributed by atoms with Gasteiger partial charge in [-0.2, -0.15) is 5.10 Å². The van der Waals surface area contributed by atoms with Crippen molar-refractivity contribution in [2.45, 2.75) is 52.7 Å². The number of aryl methyl sites for hydroxylation is 1. The molecule has 0 amide bonds. The molecule has 19 heavy (non-hydrogen) atoms. The van der Waals surface area contributed by atoms with Crippen LogP contribution in [0.15, 0.2) is 0 Å². The Bertz CT molecular complexity index is 421. The van der Waals surface area contributed by atoms with E-state index in [2.05, 4.69) is 30.8 Å². The maximum Gasteiger partial charge on any atom is 0.150 e. The summed E-state index contributed by atoms with van der Waals surface area (Å²) >= 11 is 0. The van der Waals surface area contributed by atoms with Crippen LogP contribution in [0.25, 0.3) is 0 Å². The number of aromatic nitrogens is 2. The molecule has 0 saturated carbocycles. The monoisotopic (exact) mass is 266 g/mol. The number of anilines is 2. The largest absolute Gasteiger partial charge is 0.394 e. The average molecular weight is 266 g/mol. The molecule has 1 aromatic rings. The van der Waals surface area contributed by atoms with Gasteiger partial charge in [0.05, 0.1) is 17.5 Å². The molecule has 108 valence electrons. The molecule has 0 aliphatic carbocycles. The lowest BCUT2D eigenvalue weighted by Crippen LogP contribution is -2.34. The molecule has 1 aliphatic rings. The normalized spacial score (nSPS) is 19.3. The van der Waals surface area contributed by atoms with Crippen molar-refractivity contribution in [2.24, 2.45) is 0 Å². The first-order valence-corrected chi connectivity index (χ1v) is 7.25. The Balaban J connectivity index is 2.25. The highest BCUT2D eigenvalue weighted by Crippen LogP contribution is 2.30. The van der Waals surface area contributed by atoms with E-state index in [1.165, 1.54) is 6.42 Å². The van der Waals surface area contributed by atoms with Crippen LogP contribution in [0.2, 0.25) is 0 Å². The quantitative estimate of drug-likeness (QED) is 0.889. The maximum absolute atomic E-state index is 6.23. The van der Waals surface area contributed by atoms with Crippen molar-refractivity contribution in [1.82, 2.24) is 9.78 Å². The van der Waals surface area contributed by atoms with Crippen LogP contribution < -0.4 is 10.6 Å². The van der Waals surface area contributed by atoms with Crippen LogP contribution in [-0.4, -0.2) is 35.6 Å². The van der Waals surface area contributed by atoms with Crippen molar-refractivity contribution in [3.63, 3.8) is 0 Å². The molecule has 5 heteroatoms. The van der Waals surface area contributed by atoms with Crippen LogP contribution in [0.5, 0.6) is 0 Å². The lowest BCUT2D eigenvalue weighted by atomic mass is 10.2. The second-order valence-electron chi connectivity index (χ2n) is 5.53. The molecule has 2 heterocycles. The SMILES string of the molecule is CCN(CC1CCCO1)c1c(N)c(C)nn1C(C)C. The van der Waals surface area contributed by atoms with Crippen molar-refractivity contribution in [2.75, 3.05) is 30.3 Å². The minimum absolute atomic E-state index is 0.310. The third-order valence-electron chi connectivity index (χ3n) is 3.72. The number of ether oxygens (including phenoxy) is 1. The van der Waals surface area contributed by atoms with Gasteiger partial charge >= 0.3 is 0 Å². The zero-order chi connectivity index (χ0) is 14.0. The highest BCUT2D eigenvalue weighted by atomic mass is 16.5. The molecular weight excluding hydrogens is 240 g/mol. The molecule has 1 aliphatic heterocycles. The number of likely N-dealkylation sites (N-methyl/N-ethyl adjacent to an activating group) is 1. The molecule has 0 radical (unpaired) electrons. The number of nitrogen functional groups attached to an aromatic ring is 1. The minimum atomic E-state index is 0.310. The van der Waals surface area contributed by atoms with E-state index >= 15 is 0 Å². The summed E-state index contributed by atoms with van der Waals surface area (Å²) in [6, 6.07) is 0.310. The number of nitrogens with zero attached hydrogens (tertiary/aromatic N) is 3. The summed E-state index contributed by atoms with van der Waals surface area (Å²) in [5.41, 5.74) is 7.94. The third kappa shape index (κ3) is 2.86. The van der Waals surface area contributed by atoms with Crippen molar-refractivity contribution < 1.29 is 4.74 Å². The zero-order valence-electron chi connectivity index (χ0n) is 12.5. The first-order chi connectivity index (χ1) is 9.04. The van der Waals surface area contributed by atoms with Gasteiger partial charge in [-0.1, -0.05) is 0 Å². The second kappa shape index (κ2) is 5.82. The van der Waals surface area contributed by atoms with E-state index in [9.17, 15) is 0 Å². The lowest BCUT2D eigenvalue weighted by Gasteiger charge is -2.28. The van der Waals surface area contributed by atoms with Gasteiger partial charge in [0.1, 0.15) is 0 Å². The summed E-state index contributed by atoms with van der Waals surface area (Å²) in [6.07, 6.45) is 2.64. The second-order valence-corrected chi connectivity index (χ2v) is 5.53. The summed E-state index contributed by atoms with van der Waals surface area (Å²) < 4.78 is 7.77. The topological polar surface area (TPSA) is 56.3 Å². The Morgan fingerprint density at radius 3 is 2.79 bits per heavy atom. The van der Waals surface area contributed by atoms with Crippen molar-refractivity contribution in [3.8, 4) is 0 Å². The van der Waals surface area contributed by atoms with E-state index in [1.807, 2.05) is 11.6 Å². The van der Waals surface area contributed by atoms with E-state index in [4.69, 9.17) is 10.5 Å². The molecular formula is C14H26N4O. The Hall–Kier alpha value is -1.23. The summed E-state index contributed by atoms with van der Waals surface area (Å²) in [4.78, 5) is 2.30. The number of hydrogen-bond donors (Lipinski definition) is 1. The Kier molecular flexibility index (Phi) is 4.34. The molecule has 1 fully saturated rings. The van der Waals surface area contributed by atoms with E-state index in [-0.39, 0.29) is 0 Å². The molecule has 1 atom stereocenters. The van der Waals surface area contributed by atoms with Gasteiger partial charge in [-0.3, -0.25) is 0 Å². The predicted octanol–water partition coefficient (Wildman–Crippen LogP) is 2.36. The van der Waals surface area contributed by atoms with E-state index in [0.29, 0.717) is 12.1 Å². The van der Waals surface area contributed by atoms with Crippen LogP contribution in [0.1, 0.15) is 45.3 Å². The summed E-state index contributed by atoms with van der Waals surface area (Å²) in [5.74, 6) is 1.05. The Morgan fingerprint density at radius 2 is 2.26 bits per heavy atom. The number of nitrogens with two attached hydrogens (primary N) is 1. The number of rotatable bonds is 5. The smallest absolute Gasteiger partial charge is 0.150 e. The van der Waals surface area contributed by atoms with Crippen molar-refractivity contribution >= 4 is 11.5 Å². The molecule has 0 aromatic carbocycles. The van der Waals surface area contributed by atoms with Gasteiger partial charge in [-0.25, -0.2) is 4.68 Å². The van der Waals surface area contributed by atoms with Crippen LogP contribution in [-0.2, 0) is 4.74 Å². The molecule has 1 saturated heterocycles. The molecule has 2 N–H and O–H groups in total. The molecule has 0 bridgehead atoms. The molecule has 2 rings (SSSR count). The molecule has 0 spiro atoms. The lowest BCUT2D eigenvalue weighted by molar-refractivity contribution is 0.115. The fraction of sp³-hybridized carbons (Fsp3) is 0.786. The number of hydrogen-bond acceptors (Lipinski definition) is 4. The Labute approximate surface area is 115 Å². The predicted molar refractivity (Wildman–Crippen MR) is 78.6 cm³/mol. The van der Waals surface area contributed by atoms with Crippen LogP contribution in [0.3, 0.4) is 0 Å². The van der Waals surface area contributed by atoms with Crippen molar-refractivity contribution in [1.29, 1.82) is 0 Å². The highest BCUT2D eigenvalue weighted by Gasteiger charge is 2.24. The van der Waals surface area contributed by atoms with E-state index < -0.39 is 0 Å². The van der Waals surface area contributed by atoms with Crippen LogP contribution in [0, 0.1) is 6.92 Å². The standard InChI is InChI=1S/C14H26N4O/c1-5-17(9-12-7-6-8-19-12)14-13(15)11(4)16-18(14)10(2)3/h10,12H,5-9,15H2,1-4H3. The first-order valence-electron chi connectivity index (χ1n) is 7.25. The fourth-order valence-corrected chi connectivity index (χ4v) is 2.62. The average Bonchev–Trinajstić information content (AvgIpc) is 2.97. The van der Waals surface area contributed by atoms with Crippen molar-refractivity contribution in [3.05, 3.63) is 5.69 Å². The van der Waals surface area contributed by atoms with Gasteiger partial charge in [-0.05, 0) is 40.5 Å². The van der Waals surface area contributed by atoms with Gasteiger partial charge in [-0.15, -0.1) is 0 Å². The summed E-state index contributed by atoms with van der Waals surface area (Å²) in [7, 11) is 0. The Morgan fingerprint density at radius 1 is 1.53 bits per heavy atom. The maximum atomic E-state index is 6.23. The molecule has 1 aromatic heterocycles. The summed E-state index contributed by atoms with van der Waals surface area (Å²) in [6.45, 7) is 11.1. The zero-order valence-corrected chi connectivity index (χ0v) is 12.5. The minimum Gasteiger partial charge on any atom is -0.394 e.